The van der Waals surface area contributed by atoms with Gasteiger partial charge in [-0.3, -0.25) is 0 Å². The number of aromatic nitrogens is 6. The van der Waals surface area contributed by atoms with Gasteiger partial charge in [0.25, 0.3) is 0 Å². The van der Waals surface area contributed by atoms with Gasteiger partial charge >= 0.3 is 12.2 Å². The first-order valence-electron chi connectivity index (χ1n) is 18.6. The molecule has 0 aliphatic carbocycles. The molecule has 0 spiro atoms. The highest BCUT2D eigenvalue weighted by molar-refractivity contribution is 9.10. The summed E-state index contributed by atoms with van der Waals surface area (Å²) in [5.74, 6) is 0.683. The fourth-order valence-corrected chi connectivity index (χ4v) is 7.27. The predicted octanol–water partition coefficient (Wildman–Crippen LogP) is 9.00. The second-order valence-corrected chi connectivity index (χ2v) is 17.0. The van der Waals surface area contributed by atoms with E-state index in [0.29, 0.717) is 24.9 Å². The molecule has 2 amide bonds. The van der Waals surface area contributed by atoms with Crippen molar-refractivity contribution in [1.29, 1.82) is 0 Å². The lowest BCUT2D eigenvalue weighted by molar-refractivity contribution is 0.0282. The molecule has 6 heterocycles. The smallest absolute Gasteiger partial charge is 0.410 e. The van der Waals surface area contributed by atoms with E-state index in [2.05, 4.69) is 84.6 Å². The van der Waals surface area contributed by atoms with Crippen molar-refractivity contribution in [3.05, 3.63) is 107 Å². The zero-order chi connectivity index (χ0) is 38.9. The second kappa shape index (κ2) is 15.4. The first-order valence-corrected chi connectivity index (χ1v) is 19.4. The lowest BCUT2D eigenvalue weighted by Crippen LogP contribution is -2.35. The third-order valence-corrected chi connectivity index (χ3v) is 10.2. The standard InChI is InChI=1S/C21H23BrN4O2.C21H24N4O2/c1-21(2,3)28-20(27)25-9-8-16(12-25)14-4-6-15(7-5-14)17-10-23-19-18(22)11-24-26(19)13-17;1-21(2,3)27-20(26)24-11-9-17(13-24)15-4-6-16(7-5-15)18-12-22-19-8-10-23-25(19)14-18/h4-7,10-11,13,16H,8-9,12H2,1-3H3;4-8,10,12,14,17H,9,11,13H2,1-3H3. The summed E-state index contributed by atoms with van der Waals surface area (Å²) in [4.78, 5) is 37.0. The summed E-state index contributed by atoms with van der Waals surface area (Å²) < 4.78 is 15.4. The number of hydrogen-bond acceptors (Lipinski definition) is 8. The van der Waals surface area contributed by atoms with Gasteiger partial charge in [-0.2, -0.15) is 10.2 Å². The lowest BCUT2D eigenvalue weighted by atomic mass is 9.96. The van der Waals surface area contributed by atoms with E-state index in [-0.39, 0.29) is 12.2 Å². The molecule has 286 valence electrons. The van der Waals surface area contributed by atoms with Crippen LogP contribution in [0.1, 0.15) is 77.3 Å². The van der Waals surface area contributed by atoms with Gasteiger partial charge in [-0.1, -0.05) is 48.5 Å². The van der Waals surface area contributed by atoms with Crippen molar-refractivity contribution in [2.45, 2.75) is 77.4 Å². The zero-order valence-corrected chi connectivity index (χ0v) is 33.7. The van der Waals surface area contributed by atoms with Crippen molar-refractivity contribution in [2.75, 3.05) is 26.2 Å². The van der Waals surface area contributed by atoms with Crippen LogP contribution in [0.3, 0.4) is 0 Å². The average Bonchev–Trinajstić information content (AvgIpc) is 3.98. The van der Waals surface area contributed by atoms with Gasteiger partial charge in [0.05, 0.1) is 16.9 Å². The van der Waals surface area contributed by atoms with Crippen LogP contribution >= 0.6 is 15.9 Å². The summed E-state index contributed by atoms with van der Waals surface area (Å²) in [5.41, 5.74) is 7.44. The minimum atomic E-state index is -0.462. The molecular weight excluding hydrogens is 760 g/mol. The molecule has 0 bridgehead atoms. The maximum absolute atomic E-state index is 12.3. The number of rotatable bonds is 4. The Bertz CT molecular complexity index is 2290. The maximum Gasteiger partial charge on any atom is 0.410 e. The minimum absolute atomic E-state index is 0.222. The highest BCUT2D eigenvalue weighted by atomic mass is 79.9. The molecule has 2 unspecified atom stereocenters. The normalized spacial score (nSPS) is 17.4. The summed E-state index contributed by atoms with van der Waals surface area (Å²) in [7, 11) is 0. The average molecular weight is 808 g/mol. The molecule has 13 heteroatoms. The van der Waals surface area contributed by atoms with Crippen LogP contribution in [0.15, 0.2) is 96.3 Å². The second-order valence-electron chi connectivity index (χ2n) is 16.1. The van der Waals surface area contributed by atoms with Crippen LogP contribution < -0.4 is 0 Å². The van der Waals surface area contributed by atoms with Crippen molar-refractivity contribution in [1.82, 2.24) is 39.0 Å². The molecule has 2 aromatic carbocycles. The highest BCUT2D eigenvalue weighted by Crippen LogP contribution is 2.32. The Morgan fingerprint density at radius 2 is 1.13 bits per heavy atom. The number of hydrogen-bond donors (Lipinski definition) is 0. The Balaban J connectivity index is 0.000000169. The molecule has 4 aromatic heterocycles. The van der Waals surface area contributed by atoms with E-state index in [1.54, 1.807) is 31.2 Å². The SMILES string of the molecule is CC(C)(C)OC(=O)N1CCC(c2ccc(-c3cnc4c(Br)cnn4c3)cc2)C1.CC(C)(C)OC(=O)N1CCC(c2ccc(-c3cnc4ccnn4c3)cc2)C1. The first-order chi connectivity index (χ1) is 26.2. The van der Waals surface area contributed by atoms with Crippen LogP contribution in [-0.2, 0) is 9.47 Å². The molecular formula is C42H47BrN8O4. The molecule has 2 atom stereocenters. The Labute approximate surface area is 329 Å². The van der Waals surface area contributed by atoms with Crippen LogP contribution in [0.2, 0.25) is 0 Å². The zero-order valence-electron chi connectivity index (χ0n) is 32.1. The van der Waals surface area contributed by atoms with E-state index in [0.717, 1.165) is 64.0 Å². The molecule has 55 heavy (non-hydrogen) atoms. The number of benzene rings is 2. The van der Waals surface area contributed by atoms with E-state index < -0.39 is 11.2 Å². The molecule has 0 N–H and O–H groups in total. The van der Waals surface area contributed by atoms with Gasteiger partial charge in [0.15, 0.2) is 11.3 Å². The molecule has 2 aliphatic heterocycles. The van der Waals surface area contributed by atoms with Crippen molar-refractivity contribution in [3.8, 4) is 22.3 Å². The van der Waals surface area contributed by atoms with E-state index in [4.69, 9.17) is 9.47 Å². The van der Waals surface area contributed by atoms with E-state index in [1.165, 1.54) is 11.1 Å². The number of ether oxygens (including phenoxy) is 2. The van der Waals surface area contributed by atoms with Gasteiger partial charge in [0.1, 0.15) is 11.2 Å². The quantitative estimate of drug-likeness (QED) is 0.173. The summed E-state index contributed by atoms with van der Waals surface area (Å²) in [6, 6.07) is 18.9. The summed E-state index contributed by atoms with van der Waals surface area (Å²) in [6.07, 6.45) is 12.6. The topological polar surface area (TPSA) is 119 Å². The Hall–Kier alpha value is -5.30. The number of halogens is 1. The molecule has 6 aromatic rings. The maximum atomic E-state index is 12.3. The van der Waals surface area contributed by atoms with E-state index in [1.807, 2.05) is 72.4 Å². The van der Waals surface area contributed by atoms with Gasteiger partial charge in [-0.05, 0) is 92.6 Å². The molecule has 12 nitrogen and oxygen atoms in total. The van der Waals surface area contributed by atoms with Gasteiger partial charge in [0, 0.05) is 80.0 Å². The molecule has 0 radical (unpaired) electrons. The number of carbonyl (C=O) groups excluding carboxylic acids is 2. The molecule has 0 saturated carbocycles. The first kappa shape index (κ1) is 38.0. The van der Waals surface area contributed by atoms with Crippen molar-refractivity contribution in [3.63, 3.8) is 0 Å². The fraction of sp³-hybridized carbons (Fsp3) is 0.381. The minimum Gasteiger partial charge on any atom is -0.444 e. The van der Waals surface area contributed by atoms with Gasteiger partial charge in [0.2, 0.25) is 0 Å². The molecule has 2 saturated heterocycles. The van der Waals surface area contributed by atoms with E-state index >= 15 is 0 Å². The van der Waals surface area contributed by atoms with Crippen molar-refractivity contribution >= 4 is 39.4 Å². The van der Waals surface area contributed by atoms with Crippen LogP contribution in [0.25, 0.3) is 33.5 Å². The van der Waals surface area contributed by atoms with Crippen molar-refractivity contribution in [2.24, 2.45) is 0 Å². The number of carbonyl (C=O) groups is 2. The monoisotopic (exact) mass is 806 g/mol. The summed E-state index contributed by atoms with van der Waals surface area (Å²) in [5, 5.41) is 8.53. The highest BCUT2D eigenvalue weighted by Gasteiger charge is 2.32. The third-order valence-electron chi connectivity index (χ3n) is 9.67. The van der Waals surface area contributed by atoms with Gasteiger partial charge < -0.3 is 19.3 Å². The summed E-state index contributed by atoms with van der Waals surface area (Å²) in [6.45, 7) is 14.2. The third kappa shape index (κ3) is 9.16. The lowest BCUT2D eigenvalue weighted by Gasteiger charge is -2.24. The Kier molecular flexibility index (Phi) is 10.7. The van der Waals surface area contributed by atoms with Crippen LogP contribution in [0, 0.1) is 0 Å². The van der Waals surface area contributed by atoms with Crippen LogP contribution in [0.5, 0.6) is 0 Å². The summed E-state index contributed by atoms with van der Waals surface area (Å²) >= 11 is 3.44. The fourth-order valence-electron chi connectivity index (χ4n) is 6.90. The number of likely N-dealkylation sites (tertiary alicyclic amines) is 2. The van der Waals surface area contributed by atoms with Crippen LogP contribution in [0.4, 0.5) is 9.59 Å². The van der Waals surface area contributed by atoms with Crippen molar-refractivity contribution < 1.29 is 19.1 Å². The number of fused-ring (bicyclic) bond motifs is 2. The van der Waals surface area contributed by atoms with Crippen LogP contribution in [-0.4, -0.2) is 88.6 Å². The largest absolute Gasteiger partial charge is 0.444 e. The predicted molar refractivity (Wildman–Crippen MR) is 215 cm³/mol. The molecule has 8 rings (SSSR count). The van der Waals surface area contributed by atoms with Gasteiger partial charge in [-0.15, -0.1) is 0 Å². The Morgan fingerprint density at radius 3 is 1.64 bits per heavy atom. The van der Waals surface area contributed by atoms with E-state index in [9.17, 15) is 9.59 Å². The molecule has 2 fully saturated rings. The number of amides is 2. The van der Waals surface area contributed by atoms with Gasteiger partial charge in [-0.25, -0.2) is 28.6 Å². The Morgan fingerprint density at radius 1 is 0.636 bits per heavy atom. The molecule has 2 aliphatic rings. The number of nitrogens with zero attached hydrogens (tertiary/aromatic N) is 8.